The van der Waals surface area contributed by atoms with E-state index in [1.165, 1.54) is 9.77 Å². The van der Waals surface area contributed by atoms with Crippen molar-refractivity contribution >= 4 is 40.8 Å². The van der Waals surface area contributed by atoms with Crippen LogP contribution < -0.4 is 0 Å². The maximum atomic E-state index is 11.7. The minimum absolute atomic E-state index is 0.307. The number of hydrogen-bond donors (Lipinski definition) is 1. The first-order valence-electron chi connectivity index (χ1n) is 8.39. The first kappa shape index (κ1) is 19.1. The second-order valence-corrected chi connectivity index (χ2v) is 9.49. The van der Waals surface area contributed by atoms with E-state index in [0.29, 0.717) is 10.8 Å². The average molecular weight is 404 g/mol. The number of thioether (sulfide) groups is 2. The van der Waals surface area contributed by atoms with Crippen LogP contribution in [-0.4, -0.2) is 33.5 Å². The molecule has 6 heteroatoms. The van der Waals surface area contributed by atoms with Gasteiger partial charge in [0.05, 0.1) is 17.1 Å². The van der Waals surface area contributed by atoms with E-state index in [1.54, 1.807) is 29.2 Å². The Morgan fingerprint density at radius 1 is 1.27 bits per heavy atom. The summed E-state index contributed by atoms with van der Waals surface area (Å²) in [5.74, 6) is 0.0734. The topological polar surface area (TPSA) is 40.5 Å². The molecule has 1 aliphatic rings. The highest BCUT2D eigenvalue weighted by Gasteiger charge is 2.24. The van der Waals surface area contributed by atoms with Gasteiger partial charge in [-0.3, -0.25) is 0 Å². The van der Waals surface area contributed by atoms with Gasteiger partial charge in [-0.15, -0.1) is 34.9 Å². The molecule has 2 aromatic rings. The van der Waals surface area contributed by atoms with Gasteiger partial charge in [0.1, 0.15) is 0 Å². The maximum absolute atomic E-state index is 11.7. The first-order chi connectivity index (χ1) is 12.6. The number of benzene rings is 1. The lowest BCUT2D eigenvalue weighted by Crippen LogP contribution is -2.27. The molecule has 1 unspecified atom stereocenters. The summed E-state index contributed by atoms with van der Waals surface area (Å²) in [4.78, 5) is 16.4. The number of rotatable bonds is 8. The highest BCUT2D eigenvalue weighted by molar-refractivity contribution is 8.05. The highest BCUT2D eigenvalue weighted by Crippen LogP contribution is 2.35. The van der Waals surface area contributed by atoms with Crippen LogP contribution in [0.25, 0.3) is 0 Å². The molecule has 1 aliphatic heterocycles. The molecule has 0 saturated heterocycles. The minimum Gasteiger partial charge on any atom is -0.478 e. The van der Waals surface area contributed by atoms with Crippen LogP contribution in [0.15, 0.2) is 75.5 Å². The van der Waals surface area contributed by atoms with Crippen molar-refractivity contribution in [3.8, 4) is 0 Å². The quantitative estimate of drug-likeness (QED) is 0.603. The first-order valence-corrected chi connectivity index (χ1v) is 11.1. The van der Waals surface area contributed by atoms with Crippen molar-refractivity contribution in [2.24, 2.45) is 0 Å². The molecule has 136 valence electrons. The number of aliphatic carboxylic acids is 1. The van der Waals surface area contributed by atoms with Crippen LogP contribution in [0.5, 0.6) is 0 Å². The smallest absolute Gasteiger partial charge is 0.338 e. The zero-order valence-corrected chi connectivity index (χ0v) is 16.9. The molecule has 1 atom stereocenters. The summed E-state index contributed by atoms with van der Waals surface area (Å²) in [6.45, 7) is 3.66. The molecule has 1 N–H and O–H groups in total. The molecular formula is C20H21NO2S3. The third kappa shape index (κ3) is 5.19. The Balaban J connectivity index is 1.70. The summed E-state index contributed by atoms with van der Waals surface area (Å²) < 4.78 is 0. The minimum atomic E-state index is -0.859. The molecule has 0 bridgehead atoms. The molecule has 2 heterocycles. The van der Waals surface area contributed by atoms with Gasteiger partial charge < -0.3 is 10.0 Å². The van der Waals surface area contributed by atoms with Gasteiger partial charge in [-0.2, -0.15) is 0 Å². The van der Waals surface area contributed by atoms with E-state index in [-0.39, 0.29) is 0 Å². The van der Waals surface area contributed by atoms with Crippen LogP contribution in [0.1, 0.15) is 11.8 Å². The number of carboxylic acid groups (broad SMARTS) is 1. The van der Waals surface area contributed by atoms with Crippen LogP contribution in [0.2, 0.25) is 0 Å². The number of nitrogens with zero attached hydrogens (tertiary/aromatic N) is 1. The van der Waals surface area contributed by atoms with Crippen molar-refractivity contribution in [1.29, 1.82) is 0 Å². The zero-order valence-electron chi connectivity index (χ0n) is 14.5. The van der Waals surface area contributed by atoms with Gasteiger partial charge in [0.25, 0.3) is 0 Å². The fourth-order valence-corrected chi connectivity index (χ4v) is 5.53. The monoisotopic (exact) mass is 403 g/mol. The van der Waals surface area contributed by atoms with Crippen molar-refractivity contribution in [2.75, 3.05) is 12.3 Å². The number of carbonyl (C=O) groups is 1. The van der Waals surface area contributed by atoms with Crippen molar-refractivity contribution in [3.63, 3.8) is 0 Å². The molecule has 26 heavy (non-hydrogen) atoms. The van der Waals surface area contributed by atoms with Gasteiger partial charge in [-0.1, -0.05) is 37.3 Å². The average Bonchev–Trinajstić information content (AvgIpc) is 3.15. The highest BCUT2D eigenvalue weighted by atomic mass is 32.2. The van der Waals surface area contributed by atoms with Crippen molar-refractivity contribution in [1.82, 2.24) is 4.90 Å². The lowest BCUT2D eigenvalue weighted by atomic mass is 10.2. The zero-order chi connectivity index (χ0) is 18.4. The van der Waals surface area contributed by atoms with E-state index in [0.717, 1.165) is 23.9 Å². The van der Waals surface area contributed by atoms with E-state index in [9.17, 15) is 9.90 Å². The van der Waals surface area contributed by atoms with Gasteiger partial charge >= 0.3 is 5.97 Å². The van der Waals surface area contributed by atoms with Gasteiger partial charge in [0.2, 0.25) is 0 Å². The third-order valence-corrected chi connectivity index (χ3v) is 7.44. The number of carboxylic acids is 1. The Kier molecular flexibility index (Phi) is 6.88. The normalized spacial score (nSPS) is 15.3. The molecule has 3 rings (SSSR count). The van der Waals surface area contributed by atoms with Crippen LogP contribution in [0.4, 0.5) is 0 Å². The van der Waals surface area contributed by atoms with Crippen LogP contribution >= 0.6 is 34.9 Å². The molecule has 0 saturated carbocycles. The van der Waals surface area contributed by atoms with Crippen LogP contribution in [0.3, 0.4) is 0 Å². The summed E-state index contributed by atoms with van der Waals surface area (Å²) in [6.07, 6.45) is 3.68. The van der Waals surface area contributed by atoms with Crippen molar-refractivity contribution in [2.45, 2.75) is 23.6 Å². The lowest BCUT2D eigenvalue weighted by molar-refractivity contribution is -0.132. The fourth-order valence-electron chi connectivity index (χ4n) is 2.61. The largest absolute Gasteiger partial charge is 0.478 e. The van der Waals surface area contributed by atoms with Gasteiger partial charge in [0, 0.05) is 27.3 Å². The van der Waals surface area contributed by atoms with E-state index < -0.39 is 5.97 Å². The molecule has 0 radical (unpaired) electrons. The predicted octanol–water partition coefficient (Wildman–Crippen LogP) is 5.33. The third-order valence-electron chi connectivity index (χ3n) is 3.83. The Labute approximate surface area is 166 Å². The van der Waals surface area contributed by atoms with Crippen LogP contribution in [0, 0.1) is 0 Å². The van der Waals surface area contributed by atoms with E-state index >= 15 is 0 Å². The van der Waals surface area contributed by atoms with E-state index in [1.807, 2.05) is 42.1 Å². The standard InChI is InChI=1S/C20H21NO2S3/c1-15(14-25-16-7-3-2-4-8-16)26-19-18(20(22)23)10-5-11-21(19)13-17-9-6-12-24-17/h2-10,12,15H,11,13-14H2,1H3,(H,22,23). The molecule has 1 aromatic carbocycles. The summed E-state index contributed by atoms with van der Waals surface area (Å²) in [7, 11) is 0. The van der Waals surface area contributed by atoms with E-state index in [2.05, 4.69) is 35.4 Å². The number of thiophene rings is 1. The SMILES string of the molecule is CC(CSc1ccccc1)SC1=C(C(=O)O)C=CCN1Cc1cccs1. The summed E-state index contributed by atoms with van der Waals surface area (Å²) in [6, 6.07) is 14.4. The molecule has 0 fully saturated rings. The second-order valence-electron chi connectivity index (χ2n) is 5.94. The summed E-state index contributed by atoms with van der Waals surface area (Å²) >= 11 is 5.18. The fraction of sp³-hybridized carbons (Fsp3) is 0.250. The van der Waals surface area contributed by atoms with Crippen LogP contribution in [-0.2, 0) is 11.3 Å². The van der Waals surface area contributed by atoms with Gasteiger partial charge in [-0.05, 0) is 29.7 Å². The van der Waals surface area contributed by atoms with Gasteiger partial charge in [0.15, 0.2) is 0 Å². The van der Waals surface area contributed by atoms with Crippen molar-refractivity contribution in [3.05, 3.63) is 75.5 Å². The Morgan fingerprint density at radius 2 is 2.08 bits per heavy atom. The van der Waals surface area contributed by atoms with Gasteiger partial charge in [-0.25, -0.2) is 4.79 Å². The maximum Gasteiger partial charge on any atom is 0.338 e. The molecule has 0 amide bonds. The second kappa shape index (κ2) is 9.35. The molecule has 1 aromatic heterocycles. The molecule has 0 spiro atoms. The molecule has 3 nitrogen and oxygen atoms in total. The summed E-state index contributed by atoms with van der Waals surface area (Å²) in [5, 5.41) is 12.9. The van der Waals surface area contributed by atoms with Crippen molar-refractivity contribution < 1.29 is 9.90 Å². The Bertz CT molecular complexity index is 785. The van der Waals surface area contributed by atoms with E-state index in [4.69, 9.17) is 0 Å². The molecular weight excluding hydrogens is 382 g/mol. The predicted molar refractivity (Wildman–Crippen MR) is 113 cm³/mol. The molecule has 0 aliphatic carbocycles. The lowest BCUT2D eigenvalue weighted by Gasteiger charge is -2.30. The Morgan fingerprint density at radius 3 is 2.77 bits per heavy atom. The Hall–Kier alpha value is -1.63. The summed E-state index contributed by atoms with van der Waals surface area (Å²) in [5.41, 5.74) is 0.398. The number of hydrogen-bond acceptors (Lipinski definition) is 5.